The first-order valence-corrected chi connectivity index (χ1v) is 5.55. The van der Waals surface area contributed by atoms with Gasteiger partial charge in [-0.3, -0.25) is 0 Å². The molecule has 2 aromatic heterocycles. The fourth-order valence-corrected chi connectivity index (χ4v) is 3.20. The van der Waals surface area contributed by atoms with Gasteiger partial charge in [0, 0.05) is 29.5 Å². The molecule has 3 nitrogen and oxygen atoms in total. The summed E-state index contributed by atoms with van der Waals surface area (Å²) in [4.78, 5) is 13.4. The van der Waals surface area contributed by atoms with Crippen LogP contribution in [0.5, 0.6) is 0 Å². The van der Waals surface area contributed by atoms with Crippen LogP contribution in [0.2, 0.25) is 0 Å². The number of likely N-dealkylation sites (N-methyl/N-ethyl adjacent to an activating group) is 1. The van der Waals surface area contributed by atoms with E-state index in [1.807, 2.05) is 17.5 Å². The van der Waals surface area contributed by atoms with Crippen LogP contribution >= 0.6 is 11.3 Å². The van der Waals surface area contributed by atoms with E-state index in [2.05, 4.69) is 21.9 Å². The molecule has 0 amide bonds. The van der Waals surface area contributed by atoms with Gasteiger partial charge in [-0.25, -0.2) is 9.97 Å². The van der Waals surface area contributed by atoms with Gasteiger partial charge < -0.3 is 4.90 Å². The summed E-state index contributed by atoms with van der Waals surface area (Å²) in [6.45, 7) is 2.21. The van der Waals surface area contributed by atoms with Gasteiger partial charge in [-0.1, -0.05) is 0 Å². The average Bonchev–Trinajstić information content (AvgIpc) is 2.54. The zero-order valence-electron chi connectivity index (χ0n) is 8.03. The predicted octanol–water partition coefficient (Wildman–Crippen LogP) is 1.68. The molecule has 0 atom stereocenters. The Morgan fingerprint density at radius 2 is 2.43 bits per heavy atom. The fraction of sp³-hybridized carbons (Fsp3) is 0.400. The number of hydrogen-bond acceptors (Lipinski definition) is 4. The molecule has 1 aliphatic rings. The van der Waals surface area contributed by atoms with Crippen molar-refractivity contribution in [1.82, 2.24) is 14.9 Å². The summed E-state index contributed by atoms with van der Waals surface area (Å²) in [6.07, 6.45) is 4.72. The van der Waals surface area contributed by atoms with E-state index in [9.17, 15) is 0 Å². The van der Waals surface area contributed by atoms with Gasteiger partial charge in [0.2, 0.25) is 0 Å². The molecule has 3 heterocycles. The lowest BCUT2D eigenvalue weighted by molar-refractivity contribution is 0.318. The van der Waals surface area contributed by atoms with E-state index in [0.29, 0.717) is 0 Å². The van der Waals surface area contributed by atoms with Gasteiger partial charge in [-0.2, -0.15) is 0 Å². The van der Waals surface area contributed by atoms with Crippen molar-refractivity contribution in [2.24, 2.45) is 0 Å². The minimum absolute atomic E-state index is 1.07. The van der Waals surface area contributed by atoms with Gasteiger partial charge >= 0.3 is 0 Å². The minimum atomic E-state index is 1.07. The molecule has 0 unspecified atom stereocenters. The van der Waals surface area contributed by atoms with Crippen molar-refractivity contribution in [2.45, 2.75) is 13.0 Å². The Bertz CT molecular complexity index is 477. The third kappa shape index (κ3) is 1.14. The van der Waals surface area contributed by atoms with Crippen LogP contribution in [0.15, 0.2) is 12.5 Å². The average molecular weight is 205 g/mol. The highest BCUT2D eigenvalue weighted by Gasteiger charge is 2.18. The minimum Gasteiger partial charge on any atom is -0.301 e. The number of nitrogens with zero attached hydrogens (tertiary/aromatic N) is 3. The molecule has 0 aromatic carbocycles. The molecule has 2 aromatic rings. The molecule has 14 heavy (non-hydrogen) atoms. The van der Waals surface area contributed by atoms with Crippen LogP contribution in [0.3, 0.4) is 0 Å². The van der Waals surface area contributed by atoms with Crippen molar-refractivity contribution in [3.63, 3.8) is 0 Å². The van der Waals surface area contributed by atoms with E-state index >= 15 is 0 Å². The molecule has 0 N–H and O–H groups in total. The molecule has 0 saturated carbocycles. The molecule has 0 fully saturated rings. The van der Waals surface area contributed by atoms with Crippen molar-refractivity contribution < 1.29 is 0 Å². The normalized spacial score (nSPS) is 17.2. The second-order valence-corrected chi connectivity index (χ2v) is 4.82. The second-order valence-electron chi connectivity index (χ2n) is 3.73. The lowest BCUT2D eigenvalue weighted by atomic mass is 10.1. The van der Waals surface area contributed by atoms with Crippen LogP contribution in [0.4, 0.5) is 0 Å². The van der Waals surface area contributed by atoms with E-state index < -0.39 is 0 Å². The molecular weight excluding hydrogens is 194 g/mol. The topological polar surface area (TPSA) is 29.0 Å². The quantitative estimate of drug-likeness (QED) is 0.655. The summed E-state index contributed by atoms with van der Waals surface area (Å²) in [6, 6.07) is 0. The molecule has 0 radical (unpaired) electrons. The summed E-state index contributed by atoms with van der Waals surface area (Å²) in [5, 5.41) is 1.26. The molecule has 0 bridgehead atoms. The number of rotatable bonds is 0. The van der Waals surface area contributed by atoms with Gasteiger partial charge in [0.15, 0.2) is 0 Å². The summed E-state index contributed by atoms with van der Waals surface area (Å²) >= 11 is 1.81. The molecule has 3 rings (SSSR count). The monoisotopic (exact) mass is 205 g/mol. The highest BCUT2D eigenvalue weighted by molar-refractivity contribution is 7.18. The number of fused-ring (bicyclic) bond motifs is 3. The fourth-order valence-electron chi connectivity index (χ4n) is 1.96. The standard InChI is InChI=1S/C10H11N3S/c1-13-3-2-7-8-4-11-6-12-10(8)14-9(7)5-13/h4,6H,2-3,5H2,1H3. The first-order valence-electron chi connectivity index (χ1n) is 4.73. The van der Waals surface area contributed by atoms with E-state index in [0.717, 1.165) is 24.3 Å². The second kappa shape index (κ2) is 3.00. The van der Waals surface area contributed by atoms with Crippen LogP contribution in [-0.2, 0) is 13.0 Å². The lowest BCUT2D eigenvalue weighted by Gasteiger charge is -2.21. The molecule has 0 spiro atoms. The Morgan fingerprint density at radius 3 is 3.36 bits per heavy atom. The highest BCUT2D eigenvalue weighted by Crippen LogP contribution is 2.32. The molecule has 4 heteroatoms. The SMILES string of the molecule is CN1CCc2c(sc3ncncc23)C1. The largest absolute Gasteiger partial charge is 0.301 e. The van der Waals surface area contributed by atoms with Crippen LogP contribution in [-0.4, -0.2) is 28.5 Å². The van der Waals surface area contributed by atoms with Crippen LogP contribution in [0.25, 0.3) is 10.2 Å². The van der Waals surface area contributed by atoms with E-state index in [1.54, 1.807) is 6.33 Å². The first-order chi connectivity index (χ1) is 6.84. The summed E-state index contributed by atoms with van der Waals surface area (Å²) < 4.78 is 0. The van der Waals surface area contributed by atoms with E-state index in [1.165, 1.54) is 15.8 Å². The number of thiophene rings is 1. The van der Waals surface area contributed by atoms with Crippen molar-refractivity contribution in [3.05, 3.63) is 23.0 Å². The maximum atomic E-state index is 4.30. The lowest BCUT2D eigenvalue weighted by Crippen LogP contribution is -2.25. The zero-order valence-corrected chi connectivity index (χ0v) is 8.84. The van der Waals surface area contributed by atoms with Gasteiger partial charge in [-0.05, 0) is 19.0 Å². The van der Waals surface area contributed by atoms with Crippen LogP contribution in [0.1, 0.15) is 10.4 Å². The molecular formula is C10H11N3S. The third-order valence-electron chi connectivity index (χ3n) is 2.71. The van der Waals surface area contributed by atoms with Crippen LogP contribution < -0.4 is 0 Å². The number of aromatic nitrogens is 2. The van der Waals surface area contributed by atoms with Crippen molar-refractivity contribution in [3.8, 4) is 0 Å². The van der Waals surface area contributed by atoms with Crippen LogP contribution in [0, 0.1) is 0 Å². The molecule has 0 aliphatic carbocycles. The van der Waals surface area contributed by atoms with E-state index in [-0.39, 0.29) is 0 Å². The molecule has 72 valence electrons. The van der Waals surface area contributed by atoms with E-state index in [4.69, 9.17) is 0 Å². The highest BCUT2D eigenvalue weighted by atomic mass is 32.1. The maximum Gasteiger partial charge on any atom is 0.127 e. The Hall–Kier alpha value is -1.00. The Kier molecular flexibility index (Phi) is 1.78. The first kappa shape index (κ1) is 8.32. The molecule has 1 aliphatic heterocycles. The van der Waals surface area contributed by atoms with Gasteiger partial charge in [0.25, 0.3) is 0 Å². The van der Waals surface area contributed by atoms with Crippen molar-refractivity contribution in [2.75, 3.05) is 13.6 Å². The zero-order chi connectivity index (χ0) is 9.54. The van der Waals surface area contributed by atoms with Gasteiger partial charge in [0.1, 0.15) is 11.2 Å². The summed E-state index contributed by atoms with van der Waals surface area (Å²) in [7, 11) is 2.17. The number of hydrogen-bond donors (Lipinski definition) is 0. The van der Waals surface area contributed by atoms with Gasteiger partial charge in [-0.15, -0.1) is 11.3 Å². The molecule has 0 saturated heterocycles. The van der Waals surface area contributed by atoms with Crippen molar-refractivity contribution in [1.29, 1.82) is 0 Å². The Labute approximate surface area is 86.4 Å². The smallest absolute Gasteiger partial charge is 0.127 e. The summed E-state index contributed by atoms with van der Waals surface area (Å²) in [5.74, 6) is 0. The Morgan fingerprint density at radius 1 is 1.50 bits per heavy atom. The van der Waals surface area contributed by atoms with Gasteiger partial charge in [0.05, 0.1) is 0 Å². The summed E-state index contributed by atoms with van der Waals surface area (Å²) in [5.41, 5.74) is 1.48. The Balaban J connectivity index is 2.24. The maximum absolute atomic E-state index is 4.30. The third-order valence-corrected chi connectivity index (χ3v) is 3.85. The van der Waals surface area contributed by atoms with Crippen molar-refractivity contribution >= 4 is 21.6 Å². The predicted molar refractivity (Wildman–Crippen MR) is 57.5 cm³/mol.